The number of hydrogen-bond acceptors (Lipinski definition) is 1. The van der Waals surface area contributed by atoms with E-state index in [1.807, 2.05) is 24.3 Å². The molecule has 19 heavy (non-hydrogen) atoms. The molecule has 0 bridgehead atoms. The van der Waals surface area contributed by atoms with Gasteiger partial charge < -0.3 is 5.32 Å². The minimum absolute atomic E-state index is 0.411. The first-order valence-electron chi connectivity index (χ1n) is 6.85. The first-order chi connectivity index (χ1) is 9.24. The Kier molecular flexibility index (Phi) is 3.48. The van der Waals surface area contributed by atoms with Crippen molar-refractivity contribution >= 4 is 17.3 Å². The number of fused-ring (bicyclic) bond motifs is 1. The normalized spacial score (nSPS) is 21.8. The lowest BCUT2D eigenvalue weighted by Crippen LogP contribution is -2.19. The van der Waals surface area contributed by atoms with Gasteiger partial charge in [-0.25, -0.2) is 0 Å². The molecule has 1 aliphatic rings. The zero-order valence-corrected chi connectivity index (χ0v) is 11.8. The van der Waals surface area contributed by atoms with Crippen LogP contribution in [0.4, 0.5) is 5.69 Å². The lowest BCUT2D eigenvalue weighted by molar-refractivity contribution is 0.534. The van der Waals surface area contributed by atoms with Crippen LogP contribution in [-0.4, -0.2) is 0 Å². The summed E-state index contributed by atoms with van der Waals surface area (Å²) in [5, 5.41) is 4.41. The van der Waals surface area contributed by atoms with Crippen LogP contribution in [0.1, 0.15) is 42.9 Å². The summed E-state index contributed by atoms with van der Waals surface area (Å²) in [5.41, 5.74) is 4.06. The Morgan fingerprint density at radius 1 is 0.947 bits per heavy atom. The van der Waals surface area contributed by atoms with E-state index in [4.69, 9.17) is 11.6 Å². The van der Waals surface area contributed by atoms with Crippen LogP contribution in [0, 0.1) is 0 Å². The van der Waals surface area contributed by atoms with E-state index in [0.717, 1.165) is 10.7 Å². The first kappa shape index (κ1) is 12.6. The van der Waals surface area contributed by atoms with Crippen LogP contribution in [0.25, 0.3) is 0 Å². The van der Waals surface area contributed by atoms with Crippen molar-refractivity contribution in [3.05, 3.63) is 64.7 Å². The molecule has 1 aliphatic carbocycles. The predicted molar refractivity (Wildman–Crippen MR) is 81.9 cm³/mol. The summed E-state index contributed by atoms with van der Waals surface area (Å²) in [5.74, 6) is 0.666. The maximum atomic E-state index is 5.93. The van der Waals surface area contributed by atoms with Gasteiger partial charge >= 0.3 is 0 Å². The SMILES string of the molecule is CC1CCC(Nc2ccc(Cl)cc2)c2ccccc21. The fourth-order valence-electron chi connectivity index (χ4n) is 2.90. The largest absolute Gasteiger partial charge is 0.378 e. The Hall–Kier alpha value is -1.47. The van der Waals surface area contributed by atoms with Gasteiger partial charge in [0.15, 0.2) is 0 Å². The molecule has 0 spiro atoms. The molecule has 0 heterocycles. The second-order valence-electron chi connectivity index (χ2n) is 5.31. The van der Waals surface area contributed by atoms with Crippen molar-refractivity contribution in [3.8, 4) is 0 Å². The molecule has 0 amide bonds. The fraction of sp³-hybridized carbons (Fsp3) is 0.294. The number of rotatable bonds is 2. The van der Waals surface area contributed by atoms with E-state index in [0.29, 0.717) is 12.0 Å². The molecule has 2 aromatic carbocycles. The average Bonchev–Trinajstić information content (AvgIpc) is 2.45. The van der Waals surface area contributed by atoms with E-state index in [-0.39, 0.29) is 0 Å². The third-order valence-corrected chi connectivity index (χ3v) is 4.23. The molecule has 0 saturated heterocycles. The smallest absolute Gasteiger partial charge is 0.0516 e. The Morgan fingerprint density at radius 2 is 1.63 bits per heavy atom. The van der Waals surface area contributed by atoms with Gasteiger partial charge in [-0.05, 0) is 54.2 Å². The lowest BCUT2D eigenvalue weighted by Gasteiger charge is -2.31. The van der Waals surface area contributed by atoms with Crippen LogP contribution in [0.3, 0.4) is 0 Å². The molecule has 2 aromatic rings. The van der Waals surface area contributed by atoms with Gasteiger partial charge in [0.2, 0.25) is 0 Å². The standard InChI is InChI=1S/C17H18ClN/c1-12-6-11-17(16-5-3-2-4-15(12)16)19-14-9-7-13(18)8-10-14/h2-5,7-10,12,17,19H,6,11H2,1H3. The Balaban J connectivity index is 1.86. The number of hydrogen-bond donors (Lipinski definition) is 1. The number of nitrogens with one attached hydrogen (secondary N) is 1. The van der Waals surface area contributed by atoms with E-state index in [2.05, 4.69) is 36.5 Å². The van der Waals surface area contributed by atoms with Crippen LogP contribution >= 0.6 is 11.6 Å². The maximum Gasteiger partial charge on any atom is 0.0516 e. The summed E-state index contributed by atoms with van der Waals surface area (Å²) in [6.45, 7) is 2.32. The van der Waals surface area contributed by atoms with Gasteiger partial charge in [0.25, 0.3) is 0 Å². The molecular weight excluding hydrogens is 254 g/mol. The van der Waals surface area contributed by atoms with Gasteiger partial charge in [-0.1, -0.05) is 42.8 Å². The quantitative estimate of drug-likeness (QED) is 0.772. The summed E-state index contributed by atoms with van der Waals surface area (Å²) in [6, 6.07) is 17.1. The van der Waals surface area contributed by atoms with Crippen molar-refractivity contribution in [1.82, 2.24) is 0 Å². The highest BCUT2D eigenvalue weighted by Gasteiger charge is 2.23. The van der Waals surface area contributed by atoms with Gasteiger partial charge in [0.05, 0.1) is 6.04 Å². The first-order valence-corrected chi connectivity index (χ1v) is 7.23. The number of benzene rings is 2. The summed E-state index contributed by atoms with van der Waals surface area (Å²) >= 11 is 5.93. The average molecular weight is 272 g/mol. The van der Waals surface area contributed by atoms with Crippen LogP contribution in [0.2, 0.25) is 5.02 Å². The molecule has 0 saturated carbocycles. The molecule has 2 heteroatoms. The molecule has 0 aliphatic heterocycles. The maximum absolute atomic E-state index is 5.93. The molecule has 2 atom stereocenters. The second kappa shape index (κ2) is 5.26. The zero-order valence-electron chi connectivity index (χ0n) is 11.1. The zero-order chi connectivity index (χ0) is 13.2. The predicted octanol–water partition coefficient (Wildman–Crippen LogP) is 5.39. The summed E-state index contributed by atoms with van der Waals surface area (Å²) < 4.78 is 0. The number of anilines is 1. The lowest BCUT2D eigenvalue weighted by atomic mass is 9.81. The highest BCUT2D eigenvalue weighted by atomic mass is 35.5. The molecule has 3 rings (SSSR count). The third-order valence-electron chi connectivity index (χ3n) is 3.98. The Labute approximate surface area is 119 Å². The Morgan fingerprint density at radius 3 is 2.37 bits per heavy atom. The van der Waals surface area contributed by atoms with Gasteiger partial charge in [-0.3, -0.25) is 0 Å². The topological polar surface area (TPSA) is 12.0 Å². The van der Waals surface area contributed by atoms with E-state index in [9.17, 15) is 0 Å². The van der Waals surface area contributed by atoms with Gasteiger partial charge in [0, 0.05) is 10.7 Å². The van der Waals surface area contributed by atoms with E-state index in [1.165, 1.54) is 24.0 Å². The molecule has 1 N–H and O–H groups in total. The summed E-state index contributed by atoms with van der Waals surface area (Å²) in [4.78, 5) is 0. The van der Waals surface area contributed by atoms with Gasteiger partial charge in [-0.2, -0.15) is 0 Å². The Bertz CT molecular complexity index is 562. The van der Waals surface area contributed by atoms with Crippen LogP contribution < -0.4 is 5.32 Å². The minimum Gasteiger partial charge on any atom is -0.378 e. The fourth-order valence-corrected chi connectivity index (χ4v) is 3.03. The van der Waals surface area contributed by atoms with Crippen molar-refractivity contribution < 1.29 is 0 Å². The van der Waals surface area contributed by atoms with Crippen molar-refractivity contribution in [2.75, 3.05) is 5.32 Å². The van der Waals surface area contributed by atoms with E-state index < -0.39 is 0 Å². The van der Waals surface area contributed by atoms with E-state index >= 15 is 0 Å². The van der Waals surface area contributed by atoms with Crippen molar-refractivity contribution in [3.63, 3.8) is 0 Å². The van der Waals surface area contributed by atoms with Crippen LogP contribution in [-0.2, 0) is 0 Å². The van der Waals surface area contributed by atoms with Crippen molar-refractivity contribution in [1.29, 1.82) is 0 Å². The second-order valence-corrected chi connectivity index (χ2v) is 5.75. The summed E-state index contributed by atoms with van der Waals surface area (Å²) in [7, 11) is 0. The van der Waals surface area contributed by atoms with Crippen LogP contribution in [0.5, 0.6) is 0 Å². The number of halogens is 1. The highest BCUT2D eigenvalue weighted by molar-refractivity contribution is 6.30. The highest BCUT2D eigenvalue weighted by Crippen LogP contribution is 2.38. The molecule has 98 valence electrons. The van der Waals surface area contributed by atoms with Crippen LogP contribution in [0.15, 0.2) is 48.5 Å². The third kappa shape index (κ3) is 2.62. The minimum atomic E-state index is 0.411. The van der Waals surface area contributed by atoms with Gasteiger partial charge in [0.1, 0.15) is 0 Å². The van der Waals surface area contributed by atoms with E-state index in [1.54, 1.807) is 0 Å². The molecule has 0 fully saturated rings. The monoisotopic (exact) mass is 271 g/mol. The molecule has 0 radical (unpaired) electrons. The van der Waals surface area contributed by atoms with Crippen molar-refractivity contribution in [2.24, 2.45) is 0 Å². The molecule has 2 unspecified atom stereocenters. The van der Waals surface area contributed by atoms with Gasteiger partial charge in [-0.15, -0.1) is 0 Å². The summed E-state index contributed by atoms with van der Waals surface area (Å²) in [6.07, 6.45) is 2.42. The molecule has 0 aromatic heterocycles. The molecule has 1 nitrogen and oxygen atoms in total. The molecular formula is C17H18ClN. The van der Waals surface area contributed by atoms with Crippen molar-refractivity contribution in [2.45, 2.75) is 31.7 Å².